The minimum Gasteiger partial charge on any atom is -0.494 e. The number of halogens is 1. The van der Waals surface area contributed by atoms with E-state index in [0.717, 1.165) is 0 Å². The lowest BCUT2D eigenvalue weighted by Crippen LogP contribution is -2.31. The van der Waals surface area contributed by atoms with Gasteiger partial charge in [0.25, 0.3) is 5.91 Å². The zero-order valence-electron chi connectivity index (χ0n) is 14.9. The molecule has 0 aliphatic rings. The van der Waals surface area contributed by atoms with E-state index in [1.165, 1.54) is 19.2 Å². The largest absolute Gasteiger partial charge is 0.494 e. The van der Waals surface area contributed by atoms with Crippen LogP contribution in [0, 0.1) is 5.82 Å². The van der Waals surface area contributed by atoms with E-state index in [1.54, 1.807) is 19.1 Å². The predicted molar refractivity (Wildman–Crippen MR) is 92.4 cm³/mol. The number of aromatic nitrogens is 2. The number of amides is 1. The Bertz CT molecular complexity index is 840. The number of nitrogens with one attached hydrogen (secondary N) is 2. The van der Waals surface area contributed by atoms with Crippen LogP contribution in [0.2, 0.25) is 0 Å². The minimum atomic E-state index is -0.583. The molecule has 6 nitrogen and oxygen atoms in total. The van der Waals surface area contributed by atoms with Crippen molar-refractivity contribution in [2.45, 2.75) is 39.2 Å². The van der Waals surface area contributed by atoms with E-state index in [0.29, 0.717) is 11.3 Å². The first-order chi connectivity index (χ1) is 11.6. The van der Waals surface area contributed by atoms with Gasteiger partial charge in [-0.05, 0) is 30.7 Å². The number of ether oxygens (including phenoxy) is 1. The molecule has 1 aromatic carbocycles. The second kappa shape index (κ2) is 7.04. The molecule has 0 unspecified atom stereocenters. The van der Waals surface area contributed by atoms with Gasteiger partial charge < -0.3 is 15.0 Å². The quantitative estimate of drug-likeness (QED) is 0.891. The zero-order valence-corrected chi connectivity index (χ0v) is 14.9. The number of methoxy groups -OCH3 is 1. The maximum atomic E-state index is 13.8. The topological polar surface area (TPSA) is 84.1 Å². The number of H-pyrrole nitrogens is 1. The van der Waals surface area contributed by atoms with Crippen molar-refractivity contribution in [3.8, 4) is 5.75 Å². The highest BCUT2D eigenvalue weighted by Gasteiger charge is 2.20. The first-order valence-electron chi connectivity index (χ1n) is 7.88. The number of benzene rings is 1. The van der Waals surface area contributed by atoms with Gasteiger partial charge in [-0.2, -0.15) is 4.98 Å². The summed E-state index contributed by atoms with van der Waals surface area (Å²) in [4.78, 5) is 30.5. The highest BCUT2D eigenvalue weighted by atomic mass is 19.1. The van der Waals surface area contributed by atoms with Crippen molar-refractivity contribution < 1.29 is 13.9 Å². The molecule has 1 heterocycles. The lowest BCUT2D eigenvalue weighted by molar-refractivity contribution is 0.0934. The Labute approximate surface area is 145 Å². The molecule has 1 aromatic heterocycles. The van der Waals surface area contributed by atoms with Gasteiger partial charge in [0.15, 0.2) is 11.6 Å². The van der Waals surface area contributed by atoms with Crippen LogP contribution >= 0.6 is 0 Å². The normalized spacial score (nSPS) is 12.6. The average molecular weight is 347 g/mol. The van der Waals surface area contributed by atoms with Crippen LogP contribution in [0.15, 0.2) is 29.1 Å². The van der Waals surface area contributed by atoms with Crippen molar-refractivity contribution in [1.29, 1.82) is 0 Å². The zero-order chi connectivity index (χ0) is 18.8. The van der Waals surface area contributed by atoms with Crippen molar-refractivity contribution in [2.24, 2.45) is 0 Å². The first-order valence-corrected chi connectivity index (χ1v) is 7.88. The molecule has 1 amide bonds. The third-order valence-corrected chi connectivity index (χ3v) is 3.81. The summed E-state index contributed by atoms with van der Waals surface area (Å²) in [5.41, 5.74) is 0.297. The first kappa shape index (κ1) is 18.6. The van der Waals surface area contributed by atoms with Gasteiger partial charge in [-0.3, -0.25) is 4.79 Å². The molecule has 2 N–H and O–H groups in total. The summed E-state index contributed by atoms with van der Waals surface area (Å²) in [6.45, 7) is 7.48. The maximum absolute atomic E-state index is 13.8. The molecule has 0 saturated heterocycles. The van der Waals surface area contributed by atoms with Crippen LogP contribution in [0.25, 0.3) is 0 Å². The van der Waals surface area contributed by atoms with Crippen LogP contribution in [-0.2, 0) is 5.41 Å². The van der Waals surface area contributed by atoms with Gasteiger partial charge in [0, 0.05) is 11.1 Å². The molecule has 0 spiro atoms. The summed E-state index contributed by atoms with van der Waals surface area (Å²) >= 11 is 0. The molecule has 134 valence electrons. The van der Waals surface area contributed by atoms with E-state index >= 15 is 0 Å². The van der Waals surface area contributed by atoms with Crippen LogP contribution in [0.4, 0.5) is 4.39 Å². The third-order valence-electron chi connectivity index (χ3n) is 3.81. The molecule has 7 heteroatoms. The Balaban J connectivity index is 2.23. The Hall–Kier alpha value is -2.70. The van der Waals surface area contributed by atoms with Crippen molar-refractivity contribution in [3.63, 3.8) is 0 Å². The van der Waals surface area contributed by atoms with Gasteiger partial charge >= 0.3 is 5.69 Å². The smallest absolute Gasteiger partial charge is 0.345 e. The number of hydrogen-bond donors (Lipinski definition) is 2. The fraction of sp³-hybridized carbons (Fsp3) is 0.389. The molecule has 0 saturated carbocycles. The van der Waals surface area contributed by atoms with E-state index in [-0.39, 0.29) is 16.9 Å². The Morgan fingerprint density at radius 1 is 1.32 bits per heavy atom. The Kier molecular flexibility index (Phi) is 5.25. The number of carbonyl (C=O) groups excluding carboxylic acids is 1. The van der Waals surface area contributed by atoms with Crippen LogP contribution in [-0.4, -0.2) is 23.0 Å². The highest BCUT2D eigenvalue weighted by molar-refractivity contribution is 5.92. The lowest BCUT2D eigenvalue weighted by atomic mass is 9.91. The summed E-state index contributed by atoms with van der Waals surface area (Å²) < 4.78 is 18.7. The van der Waals surface area contributed by atoms with Gasteiger partial charge in [-0.25, -0.2) is 9.18 Å². The molecule has 25 heavy (non-hydrogen) atoms. The SMILES string of the molecule is COc1ccc([C@H](C)NC(=O)c2cc(C(C)(C)C)[nH]c(=O)n2)cc1F. The molecule has 0 aliphatic heterocycles. The highest BCUT2D eigenvalue weighted by Crippen LogP contribution is 2.22. The molecular formula is C18H22FN3O3. The maximum Gasteiger partial charge on any atom is 0.345 e. The second-order valence-corrected chi connectivity index (χ2v) is 6.82. The van der Waals surface area contributed by atoms with Gasteiger partial charge in [-0.15, -0.1) is 0 Å². The number of aromatic amines is 1. The van der Waals surface area contributed by atoms with Crippen molar-refractivity contribution in [3.05, 3.63) is 57.5 Å². The van der Waals surface area contributed by atoms with Crippen molar-refractivity contribution in [2.75, 3.05) is 7.11 Å². The molecule has 0 radical (unpaired) electrons. The molecule has 0 aliphatic carbocycles. The summed E-state index contributed by atoms with van der Waals surface area (Å²) in [6.07, 6.45) is 0. The van der Waals surface area contributed by atoms with Crippen molar-refractivity contribution in [1.82, 2.24) is 15.3 Å². The summed E-state index contributed by atoms with van der Waals surface area (Å²) in [5, 5.41) is 2.72. The fourth-order valence-electron chi connectivity index (χ4n) is 2.28. The number of rotatable bonds is 4. The Morgan fingerprint density at radius 3 is 2.56 bits per heavy atom. The monoisotopic (exact) mass is 347 g/mol. The number of carbonyl (C=O) groups is 1. The van der Waals surface area contributed by atoms with E-state index in [2.05, 4.69) is 15.3 Å². The molecule has 2 aromatic rings. The standard InChI is InChI=1S/C18H22FN3O3/c1-10(11-6-7-14(25-5)12(19)8-11)20-16(23)13-9-15(18(2,3)4)22-17(24)21-13/h6-10H,1-5H3,(H,20,23)(H,21,22,24)/t10-/m0/s1. The molecule has 1 atom stereocenters. The van der Waals surface area contributed by atoms with E-state index in [4.69, 9.17) is 4.74 Å². The molecule has 0 bridgehead atoms. The fourth-order valence-corrected chi connectivity index (χ4v) is 2.28. The van der Waals surface area contributed by atoms with Crippen LogP contribution in [0.1, 0.15) is 55.5 Å². The van der Waals surface area contributed by atoms with Gasteiger partial charge in [-0.1, -0.05) is 26.8 Å². The van der Waals surface area contributed by atoms with Crippen LogP contribution < -0.4 is 15.7 Å². The minimum absolute atomic E-state index is 0.0227. The summed E-state index contributed by atoms with van der Waals surface area (Å²) in [5.74, 6) is -0.876. The van der Waals surface area contributed by atoms with E-state index < -0.39 is 23.5 Å². The van der Waals surface area contributed by atoms with Crippen molar-refractivity contribution >= 4 is 5.91 Å². The average Bonchev–Trinajstić information content (AvgIpc) is 2.53. The lowest BCUT2D eigenvalue weighted by Gasteiger charge is -2.19. The van der Waals surface area contributed by atoms with Crippen LogP contribution in [0.3, 0.4) is 0 Å². The van der Waals surface area contributed by atoms with Gasteiger partial charge in [0.05, 0.1) is 13.2 Å². The van der Waals surface area contributed by atoms with Crippen LogP contribution in [0.5, 0.6) is 5.75 Å². The van der Waals surface area contributed by atoms with Gasteiger partial charge in [0.2, 0.25) is 0 Å². The summed E-state index contributed by atoms with van der Waals surface area (Å²) in [6, 6.07) is 5.55. The predicted octanol–water partition coefficient (Wildman–Crippen LogP) is 2.71. The molecular weight excluding hydrogens is 325 g/mol. The van der Waals surface area contributed by atoms with E-state index in [9.17, 15) is 14.0 Å². The molecule has 2 rings (SSSR count). The second-order valence-electron chi connectivity index (χ2n) is 6.82. The van der Waals surface area contributed by atoms with E-state index in [1.807, 2.05) is 20.8 Å². The molecule has 0 fully saturated rings. The number of hydrogen-bond acceptors (Lipinski definition) is 4. The third kappa shape index (κ3) is 4.43. The summed E-state index contributed by atoms with van der Waals surface area (Å²) in [7, 11) is 1.38. The Morgan fingerprint density at radius 2 is 2.00 bits per heavy atom. The van der Waals surface area contributed by atoms with Gasteiger partial charge in [0.1, 0.15) is 5.69 Å². The number of nitrogens with zero attached hydrogens (tertiary/aromatic N) is 1.